The predicted octanol–water partition coefficient (Wildman–Crippen LogP) is 0.537. The Kier molecular flexibility index (Phi) is 8.37. The van der Waals surface area contributed by atoms with Crippen molar-refractivity contribution in [2.24, 2.45) is 0 Å². The molecule has 1 aromatic rings. The van der Waals surface area contributed by atoms with Crippen LogP contribution in [0, 0.1) is 0 Å². The highest BCUT2D eigenvalue weighted by molar-refractivity contribution is 5.38. The maximum absolute atomic E-state index is 9.18. The number of aromatic nitrogens is 3. The number of hydrogen-bond donors (Lipinski definition) is 2. The minimum atomic E-state index is 0.0110. The van der Waals surface area contributed by atoms with Gasteiger partial charge < -0.3 is 24.8 Å². The third kappa shape index (κ3) is 6.09. The number of aliphatic hydroxyl groups is 1. The van der Waals surface area contributed by atoms with Gasteiger partial charge in [0.2, 0.25) is 11.9 Å². The highest BCUT2D eigenvalue weighted by atomic mass is 16.5. The number of nitrogens with one attached hydrogen (secondary N) is 1. The maximum atomic E-state index is 9.18. The van der Waals surface area contributed by atoms with Crippen molar-refractivity contribution in [3.05, 3.63) is 0 Å². The van der Waals surface area contributed by atoms with Crippen molar-refractivity contribution in [3.8, 4) is 6.01 Å². The molecule has 0 saturated heterocycles. The number of hydrogen-bond acceptors (Lipinski definition) is 8. The summed E-state index contributed by atoms with van der Waals surface area (Å²) in [5, 5.41) is 12.2. The molecule has 0 saturated carbocycles. The Hall–Kier alpha value is -1.67. The molecule has 0 aliphatic heterocycles. The molecule has 1 rings (SSSR count). The Morgan fingerprint density at radius 1 is 1.14 bits per heavy atom. The van der Waals surface area contributed by atoms with E-state index in [-0.39, 0.29) is 12.6 Å². The smallest absolute Gasteiger partial charge is 0.323 e. The van der Waals surface area contributed by atoms with Crippen LogP contribution in [-0.2, 0) is 4.74 Å². The molecule has 0 amide bonds. The number of nitrogens with zero attached hydrogens (tertiary/aromatic N) is 4. The van der Waals surface area contributed by atoms with E-state index in [4.69, 9.17) is 9.47 Å². The fourth-order valence-electron chi connectivity index (χ4n) is 1.62. The van der Waals surface area contributed by atoms with Gasteiger partial charge in [0.1, 0.15) is 0 Å². The lowest BCUT2D eigenvalue weighted by atomic mass is 10.5. The largest absolute Gasteiger partial charge is 0.463 e. The topological polar surface area (TPSA) is 92.6 Å². The highest BCUT2D eigenvalue weighted by Gasteiger charge is 2.13. The molecule has 0 aromatic carbocycles. The van der Waals surface area contributed by atoms with E-state index < -0.39 is 0 Å². The second kappa shape index (κ2) is 10.1. The van der Waals surface area contributed by atoms with Crippen LogP contribution in [0.5, 0.6) is 6.01 Å². The fourth-order valence-corrected chi connectivity index (χ4v) is 1.62. The Bertz CT molecular complexity index is 405. The van der Waals surface area contributed by atoms with E-state index in [2.05, 4.69) is 20.3 Å². The SMILES string of the molecule is CCCOc1nc(NCC)nc(N(CCO)CCOC)n1. The van der Waals surface area contributed by atoms with E-state index in [0.29, 0.717) is 44.7 Å². The third-order valence-electron chi connectivity index (χ3n) is 2.59. The lowest BCUT2D eigenvalue weighted by molar-refractivity contribution is 0.202. The zero-order valence-electron chi connectivity index (χ0n) is 13.0. The van der Waals surface area contributed by atoms with Gasteiger partial charge in [-0.15, -0.1) is 0 Å². The van der Waals surface area contributed by atoms with Crippen molar-refractivity contribution in [3.63, 3.8) is 0 Å². The molecule has 120 valence electrons. The molecule has 2 N–H and O–H groups in total. The molecule has 8 heteroatoms. The highest BCUT2D eigenvalue weighted by Crippen LogP contribution is 2.15. The second-order valence-electron chi connectivity index (χ2n) is 4.32. The Labute approximate surface area is 125 Å². The van der Waals surface area contributed by atoms with Crippen LogP contribution >= 0.6 is 0 Å². The van der Waals surface area contributed by atoms with Gasteiger partial charge in [-0.2, -0.15) is 15.0 Å². The van der Waals surface area contributed by atoms with Gasteiger partial charge >= 0.3 is 6.01 Å². The molecule has 0 aliphatic rings. The summed E-state index contributed by atoms with van der Waals surface area (Å²) in [6.07, 6.45) is 0.877. The van der Waals surface area contributed by atoms with E-state index in [1.807, 2.05) is 18.7 Å². The van der Waals surface area contributed by atoms with Gasteiger partial charge in [-0.3, -0.25) is 0 Å². The summed E-state index contributed by atoms with van der Waals surface area (Å²) in [7, 11) is 1.63. The summed E-state index contributed by atoms with van der Waals surface area (Å²) >= 11 is 0. The van der Waals surface area contributed by atoms with Crippen LogP contribution in [0.2, 0.25) is 0 Å². The minimum Gasteiger partial charge on any atom is -0.463 e. The number of anilines is 2. The van der Waals surface area contributed by atoms with Crippen molar-refractivity contribution in [1.82, 2.24) is 15.0 Å². The summed E-state index contributed by atoms with van der Waals surface area (Å²) in [6.45, 7) is 6.77. The summed E-state index contributed by atoms with van der Waals surface area (Å²) in [5.41, 5.74) is 0. The minimum absolute atomic E-state index is 0.0110. The molecule has 0 bridgehead atoms. The lowest BCUT2D eigenvalue weighted by Gasteiger charge is -2.21. The first-order valence-electron chi connectivity index (χ1n) is 7.22. The molecule has 0 unspecified atom stereocenters. The number of methoxy groups -OCH3 is 1. The average Bonchev–Trinajstić information content (AvgIpc) is 2.49. The van der Waals surface area contributed by atoms with Crippen LogP contribution in [0.4, 0.5) is 11.9 Å². The van der Waals surface area contributed by atoms with Crippen LogP contribution < -0.4 is 15.0 Å². The molecule has 21 heavy (non-hydrogen) atoms. The van der Waals surface area contributed by atoms with Crippen molar-refractivity contribution in [2.75, 3.05) is 56.8 Å². The first-order valence-corrected chi connectivity index (χ1v) is 7.22. The maximum Gasteiger partial charge on any atom is 0.323 e. The first-order chi connectivity index (χ1) is 10.2. The van der Waals surface area contributed by atoms with E-state index in [0.717, 1.165) is 6.42 Å². The predicted molar refractivity (Wildman–Crippen MR) is 81.0 cm³/mol. The molecule has 1 aromatic heterocycles. The van der Waals surface area contributed by atoms with E-state index >= 15 is 0 Å². The van der Waals surface area contributed by atoms with Crippen molar-refractivity contribution >= 4 is 11.9 Å². The Morgan fingerprint density at radius 3 is 2.57 bits per heavy atom. The second-order valence-corrected chi connectivity index (χ2v) is 4.32. The van der Waals surface area contributed by atoms with Gasteiger partial charge in [0, 0.05) is 26.7 Å². The van der Waals surface area contributed by atoms with E-state index in [1.54, 1.807) is 7.11 Å². The van der Waals surface area contributed by atoms with Gasteiger partial charge in [0.15, 0.2) is 0 Å². The van der Waals surface area contributed by atoms with Crippen LogP contribution in [0.3, 0.4) is 0 Å². The van der Waals surface area contributed by atoms with Crippen LogP contribution in [0.15, 0.2) is 0 Å². The molecule has 8 nitrogen and oxygen atoms in total. The standard InChI is InChI=1S/C13H25N5O3/c1-4-9-21-13-16-11(14-5-2)15-12(17-13)18(6-8-19)7-10-20-3/h19H,4-10H2,1-3H3,(H,14,15,16,17). The summed E-state index contributed by atoms with van der Waals surface area (Å²) in [6, 6.07) is 0.290. The van der Waals surface area contributed by atoms with Crippen molar-refractivity contribution < 1.29 is 14.6 Å². The summed E-state index contributed by atoms with van der Waals surface area (Å²) in [4.78, 5) is 14.7. The fraction of sp³-hybridized carbons (Fsp3) is 0.769. The number of rotatable bonds is 11. The molecule has 0 atom stereocenters. The molecule has 0 radical (unpaired) electrons. The van der Waals surface area contributed by atoms with E-state index in [1.165, 1.54) is 0 Å². The monoisotopic (exact) mass is 299 g/mol. The molecule has 0 fully saturated rings. The first kappa shape index (κ1) is 17.4. The van der Waals surface area contributed by atoms with Crippen molar-refractivity contribution in [1.29, 1.82) is 0 Å². The summed E-state index contributed by atoms with van der Waals surface area (Å²) < 4.78 is 10.6. The van der Waals surface area contributed by atoms with Crippen molar-refractivity contribution in [2.45, 2.75) is 20.3 Å². The number of aliphatic hydroxyl groups excluding tert-OH is 1. The van der Waals surface area contributed by atoms with Gasteiger partial charge in [-0.05, 0) is 13.3 Å². The number of ether oxygens (including phenoxy) is 2. The normalized spacial score (nSPS) is 10.5. The van der Waals surface area contributed by atoms with Gasteiger partial charge in [0.25, 0.3) is 0 Å². The zero-order valence-corrected chi connectivity index (χ0v) is 13.0. The van der Waals surface area contributed by atoms with Gasteiger partial charge in [0.05, 0.1) is 19.8 Å². The summed E-state index contributed by atoms with van der Waals surface area (Å²) in [5.74, 6) is 0.937. The molecule has 0 aliphatic carbocycles. The van der Waals surface area contributed by atoms with Crippen LogP contribution in [-0.4, -0.2) is 66.6 Å². The molecular weight excluding hydrogens is 274 g/mol. The molecular formula is C13H25N5O3. The van der Waals surface area contributed by atoms with Gasteiger partial charge in [-0.1, -0.05) is 6.92 Å². The van der Waals surface area contributed by atoms with Crippen LogP contribution in [0.1, 0.15) is 20.3 Å². The lowest BCUT2D eigenvalue weighted by Crippen LogP contribution is -2.32. The molecule has 1 heterocycles. The quantitative estimate of drug-likeness (QED) is 0.611. The van der Waals surface area contributed by atoms with Gasteiger partial charge in [-0.25, -0.2) is 0 Å². The Balaban J connectivity index is 2.96. The van der Waals surface area contributed by atoms with E-state index in [9.17, 15) is 5.11 Å². The average molecular weight is 299 g/mol. The Morgan fingerprint density at radius 2 is 1.95 bits per heavy atom. The van der Waals surface area contributed by atoms with Crippen LogP contribution in [0.25, 0.3) is 0 Å². The molecule has 0 spiro atoms. The zero-order chi connectivity index (χ0) is 15.5. The third-order valence-corrected chi connectivity index (χ3v) is 2.59.